The molecule has 1 atom stereocenters. The Morgan fingerprint density at radius 1 is 1.37 bits per heavy atom. The van der Waals surface area contributed by atoms with Crippen LogP contribution in [-0.4, -0.2) is 17.6 Å². The van der Waals surface area contributed by atoms with Gasteiger partial charge in [-0.25, -0.2) is 0 Å². The van der Waals surface area contributed by atoms with Gasteiger partial charge in [0, 0.05) is 0 Å². The third kappa shape index (κ3) is 3.19. The summed E-state index contributed by atoms with van der Waals surface area (Å²) in [7, 11) is 0. The summed E-state index contributed by atoms with van der Waals surface area (Å²) in [6.07, 6.45) is 0. The lowest BCUT2D eigenvalue weighted by Crippen LogP contribution is -2.38. The fourth-order valence-electron chi connectivity index (χ4n) is 1.59. The van der Waals surface area contributed by atoms with Gasteiger partial charge in [0.25, 0.3) is 5.91 Å². The smallest absolute Gasteiger partial charge is 0.287 e. The zero-order valence-electron chi connectivity index (χ0n) is 10.6. The van der Waals surface area contributed by atoms with Crippen molar-refractivity contribution in [3.05, 3.63) is 46.8 Å². The topological polar surface area (TPSA) is 75.6 Å². The summed E-state index contributed by atoms with van der Waals surface area (Å²) in [6.45, 7) is 3.33. The first-order valence-electron chi connectivity index (χ1n) is 5.71. The molecule has 0 aliphatic rings. The molecular formula is C13H14ClNO4. The lowest BCUT2D eigenvalue weighted by molar-refractivity contribution is 0.0319. The SMILES string of the molecule is Cc1ccc(C(C)(O)CNC(=O)c2ccc(Cl)o2)o1. The van der Waals surface area contributed by atoms with Gasteiger partial charge in [-0.05, 0) is 49.7 Å². The van der Waals surface area contributed by atoms with Crippen LogP contribution in [0.4, 0.5) is 0 Å². The lowest BCUT2D eigenvalue weighted by atomic mass is 10.0. The Balaban J connectivity index is 2.00. The number of hydrogen-bond donors (Lipinski definition) is 2. The molecule has 0 aromatic carbocycles. The van der Waals surface area contributed by atoms with Crippen LogP contribution in [0.25, 0.3) is 0 Å². The van der Waals surface area contributed by atoms with Gasteiger partial charge in [-0.1, -0.05) is 0 Å². The van der Waals surface area contributed by atoms with E-state index in [0.717, 1.165) is 0 Å². The molecule has 2 N–H and O–H groups in total. The third-order valence-electron chi connectivity index (χ3n) is 2.66. The van der Waals surface area contributed by atoms with Gasteiger partial charge >= 0.3 is 0 Å². The molecule has 102 valence electrons. The van der Waals surface area contributed by atoms with E-state index in [2.05, 4.69) is 5.32 Å². The highest BCUT2D eigenvalue weighted by atomic mass is 35.5. The number of carbonyl (C=O) groups is 1. The van der Waals surface area contributed by atoms with Gasteiger partial charge in [-0.2, -0.15) is 0 Å². The molecule has 2 heterocycles. The average Bonchev–Trinajstić information content (AvgIpc) is 2.95. The molecule has 0 saturated heterocycles. The maximum Gasteiger partial charge on any atom is 0.287 e. The minimum Gasteiger partial charge on any atom is -0.463 e. The van der Waals surface area contributed by atoms with E-state index in [9.17, 15) is 9.90 Å². The van der Waals surface area contributed by atoms with Crippen LogP contribution in [0, 0.1) is 6.92 Å². The van der Waals surface area contributed by atoms with Crippen molar-refractivity contribution in [2.24, 2.45) is 0 Å². The second kappa shape index (κ2) is 5.11. The van der Waals surface area contributed by atoms with E-state index >= 15 is 0 Å². The summed E-state index contributed by atoms with van der Waals surface area (Å²) in [5, 5.41) is 12.9. The Morgan fingerprint density at radius 3 is 2.63 bits per heavy atom. The van der Waals surface area contributed by atoms with Crippen molar-refractivity contribution < 1.29 is 18.7 Å². The summed E-state index contributed by atoms with van der Waals surface area (Å²) in [5.74, 6) is 0.731. The number of carbonyl (C=O) groups excluding carboxylic acids is 1. The standard InChI is InChI=1S/C13H14ClNO4/c1-8-3-5-10(18-8)13(2,17)7-15-12(16)9-4-6-11(14)19-9/h3-6,17H,7H2,1-2H3,(H,15,16). The van der Waals surface area contributed by atoms with Crippen molar-refractivity contribution >= 4 is 17.5 Å². The molecule has 19 heavy (non-hydrogen) atoms. The average molecular weight is 284 g/mol. The van der Waals surface area contributed by atoms with Crippen LogP contribution < -0.4 is 5.32 Å². The molecule has 0 aliphatic carbocycles. The van der Waals surface area contributed by atoms with Gasteiger partial charge in [0.15, 0.2) is 11.0 Å². The molecular weight excluding hydrogens is 270 g/mol. The van der Waals surface area contributed by atoms with Gasteiger partial charge in [0.05, 0.1) is 6.54 Å². The van der Waals surface area contributed by atoms with Crippen LogP contribution in [0.2, 0.25) is 5.22 Å². The Kier molecular flexibility index (Phi) is 3.68. The normalized spacial score (nSPS) is 14.1. The lowest BCUT2D eigenvalue weighted by Gasteiger charge is -2.20. The molecule has 0 fully saturated rings. The fourth-order valence-corrected chi connectivity index (χ4v) is 1.73. The van der Waals surface area contributed by atoms with E-state index in [1.165, 1.54) is 12.1 Å². The molecule has 2 aromatic heterocycles. The maximum atomic E-state index is 11.7. The molecule has 0 bridgehead atoms. The quantitative estimate of drug-likeness (QED) is 0.904. The molecule has 0 spiro atoms. The highest BCUT2D eigenvalue weighted by molar-refractivity contribution is 6.29. The number of hydrogen-bond acceptors (Lipinski definition) is 4. The van der Waals surface area contributed by atoms with Crippen LogP contribution in [-0.2, 0) is 5.60 Å². The summed E-state index contributed by atoms with van der Waals surface area (Å²) >= 11 is 5.58. The fraction of sp³-hybridized carbons (Fsp3) is 0.308. The minimum absolute atomic E-state index is 0.00287. The molecule has 6 heteroatoms. The zero-order valence-corrected chi connectivity index (χ0v) is 11.3. The van der Waals surface area contributed by atoms with Gasteiger partial charge in [-0.3, -0.25) is 4.79 Å². The van der Waals surface area contributed by atoms with Gasteiger partial charge < -0.3 is 19.3 Å². The van der Waals surface area contributed by atoms with Gasteiger partial charge in [0.1, 0.15) is 17.1 Å². The number of rotatable bonds is 4. The van der Waals surface area contributed by atoms with E-state index < -0.39 is 11.5 Å². The number of aryl methyl sites for hydroxylation is 1. The van der Waals surface area contributed by atoms with Crippen LogP contribution in [0.1, 0.15) is 29.0 Å². The van der Waals surface area contributed by atoms with E-state index in [1.54, 1.807) is 26.0 Å². The number of nitrogens with one attached hydrogen (secondary N) is 1. The third-order valence-corrected chi connectivity index (χ3v) is 2.86. The first kappa shape index (κ1) is 13.7. The van der Waals surface area contributed by atoms with Crippen LogP contribution in [0.5, 0.6) is 0 Å². The van der Waals surface area contributed by atoms with E-state index in [1.807, 2.05) is 0 Å². The van der Waals surface area contributed by atoms with Crippen molar-refractivity contribution in [1.29, 1.82) is 0 Å². The highest BCUT2D eigenvalue weighted by Gasteiger charge is 2.28. The zero-order chi connectivity index (χ0) is 14.0. The predicted molar refractivity (Wildman–Crippen MR) is 69.1 cm³/mol. The first-order valence-corrected chi connectivity index (χ1v) is 6.09. The predicted octanol–water partition coefficient (Wildman–Crippen LogP) is 2.47. The maximum absolute atomic E-state index is 11.7. The molecule has 0 radical (unpaired) electrons. The second-order valence-corrected chi connectivity index (χ2v) is 4.84. The number of furan rings is 2. The molecule has 0 aliphatic heterocycles. The summed E-state index contributed by atoms with van der Waals surface area (Å²) in [5.41, 5.74) is -1.29. The summed E-state index contributed by atoms with van der Waals surface area (Å²) < 4.78 is 10.3. The van der Waals surface area contributed by atoms with Crippen LogP contribution in [0.3, 0.4) is 0 Å². The largest absolute Gasteiger partial charge is 0.463 e. The Labute approximate surface area is 115 Å². The van der Waals surface area contributed by atoms with Crippen molar-refractivity contribution in [1.82, 2.24) is 5.32 Å². The summed E-state index contributed by atoms with van der Waals surface area (Å²) in [4.78, 5) is 11.7. The Morgan fingerprint density at radius 2 is 2.11 bits per heavy atom. The van der Waals surface area contributed by atoms with Gasteiger partial charge in [-0.15, -0.1) is 0 Å². The molecule has 1 unspecified atom stereocenters. The van der Waals surface area contributed by atoms with Crippen LogP contribution >= 0.6 is 11.6 Å². The molecule has 2 aromatic rings. The minimum atomic E-state index is -1.29. The summed E-state index contributed by atoms with van der Waals surface area (Å²) in [6, 6.07) is 6.36. The molecule has 2 rings (SSSR count). The Bertz CT molecular complexity index is 585. The van der Waals surface area contributed by atoms with Gasteiger partial charge in [0.2, 0.25) is 0 Å². The number of halogens is 1. The van der Waals surface area contributed by atoms with E-state index in [0.29, 0.717) is 11.5 Å². The molecule has 0 saturated carbocycles. The number of amides is 1. The van der Waals surface area contributed by atoms with E-state index in [4.69, 9.17) is 20.4 Å². The number of aliphatic hydroxyl groups is 1. The second-order valence-electron chi connectivity index (χ2n) is 4.47. The van der Waals surface area contributed by atoms with Crippen molar-refractivity contribution in [3.63, 3.8) is 0 Å². The molecule has 1 amide bonds. The first-order chi connectivity index (χ1) is 8.88. The highest BCUT2D eigenvalue weighted by Crippen LogP contribution is 2.22. The molecule has 5 nitrogen and oxygen atoms in total. The monoisotopic (exact) mass is 283 g/mol. The van der Waals surface area contributed by atoms with Crippen LogP contribution in [0.15, 0.2) is 33.1 Å². The van der Waals surface area contributed by atoms with Crippen molar-refractivity contribution in [2.45, 2.75) is 19.4 Å². The van der Waals surface area contributed by atoms with E-state index in [-0.39, 0.29) is 17.5 Å². The Hall–Kier alpha value is -1.72. The van der Waals surface area contributed by atoms with Crippen molar-refractivity contribution in [2.75, 3.05) is 6.54 Å². The van der Waals surface area contributed by atoms with Crippen molar-refractivity contribution in [3.8, 4) is 0 Å².